The maximum absolute atomic E-state index is 12.3. The zero-order valence-electron chi connectivity index (χ0n) is 39.2. The van der Waals surface area contributed by atoms with Crippen molar-refractivity contribution in [3.05, 3.63) is 96.1 Å². The third-order valence-electron chi connectivity index (χ3n) is 11.3. The number of ether oxygens (including phenoxy) is 2. The summed E-state index contributed by atoms with van der Waals surface area (Å²) in [5, 5.41) is 22.6. The van der Waals surface area contributed by atoms with Gasteiger partial charge in [0.05, 0.1) is 9.79 Å². The van der Waals surface area contributed by atoms with Gasteiger partial charge in [-0.1, -0.05) is 191 Å². The van der Waals surface area contributed by atoms with E-state index >= 15 is 0 Å². The van der Waals surface area contributed by atoms with E-state index < -0.39 is 20.2 Å². The van der Waals surface area contributed by atoms with Gasteiger partial charge in [-0.2, -0.15) is 8.42 Å². The molecule has 0 aliphatic heterocycles. The number of phenolic OH excluding ortho intramolecular Hbond substituents is 1. The Morgan fingerprint density at radius 2 is 0.846 bits per heavy atom. The quantitative estimate of drug-likeness (QED) is 0.0272. The van der Waals surface area contributed by atoms with Gasteiger partial charge in [0, 0.05) is 6.07 Å². The van der Waals surface area contributed by atoms with E-state index in [9.17, 15) is 31.6 Å². The zero-order valence-corrected chi connectivity index (χ0v) is 43.0. The predicted molar refractivity (Wildman–Crippen MR) is 260 cm³/mol. The fourth-order valence-corrected chi connectivity index (χ4v) is 8.60. The van der Waals surface area contributed by atoms with Crippen LogP contribution in [0.25, 0.3) is 0 Å². The molecule has 10 nitrogen and oxygen atoms in total. The fraction of sp³-hybridized carbons (Fsp3) is 0.538. The topological polar surface area (TPSA) is 173 Å². The minimum absolute atomic E-state index is 0. The molecule has 0 fully saturated rings. The van der Waals surface area contributed by atoms with E-state index in [1.807, 2.05) is 12.1 Å². The van der Waals surface area contributed by atoms with Crippen LogP contribution in [-0.2, 0) is 33.1 Å². The maximum atomic E-state index is 12.3. The van der Waals surface area contributed by atoms with Gasteiger partial charge in [0.15, 0.2) is 11.5 Å². The number of rotatable bonds is 32. The first kappa shape index (κ1) is 58.3. The van der Waals surface area contributed by atoms with Crippen LogP contribution in [-0.4, -0.2) is 68.8 Å². The molecule has 0 unspecified atom stereocenters. The molecule has 0 aromatic heterocycles. The second kappa shape index (κ2) is 33.6. The molecular weight excluding hydrogens is 889 g/mol. The summed E-state index contributed by atoms with van der Waals surface area (Å²) in [5.74, 6) is 0.493. The molecule has 0 atom stereocenters. The van der Waals surface area contributed by atoms with Gasteiger partial charge in [0.25, 0.3) is 10.1 Å². The Hall–Kier alpha value is -2.84. The van der Waals surface area contributed by atoms with E-state index in [0.29, 0.717) is 0 Å². The molecule has 13 heteroatoms. The SMILES string of the molecule is CCCCCCCCCCCCCCc1ccc(Oc2cccc(S(=O)(=O)O)c2)c(O)c1.CCCCCCCCCCCCCCc1ccc(Oc2cccc(S(=O)(=O)[O-])c2)c([O-])c1.[Ca+2]. The van der Waals surface area contributed by atoms with Crippen LogP contribution in [0.3, 0.4) is 0 Å². The number of benzene rings is 4. The Kier molecular flexibility index (Phi) is 30.1. The molecule has 4 rings (SSSR count). The van der Waals surface area contributed by atoms with Crippen molar-refractivity contribution in [3.63, 3.8) is 0 Å². The van der Waals surface area contributed by atoms with Crippen molar-refractivity contribution in [2.24, 2.45) is 0 Å². The number of aromatic hydroxyl groups is 1. The second-order valence-electron chi connectivity index (χ2n) is 16.9. The minimum Gasteiger partial charge on any atom is -0.870 e. The number of unbranched alkanes of at least 4 members (excludes halogenated alkanes) is 22. The molecule has 0 bridgehead atoms. The average molecular weight is 963 g/mol. The van der Waals surface area contributed by atoms with Gasteiger partial charge < -0.3 is 24.2 Å². The standard InChI is InChI=1S/2C26H38O5S.Ca/c2*1-2-3-4-5-6-7-8-9-10-11-12-13-15-22-18-19-26(25(27)20-22)31-23-16-14-17-24(21-23)32(28,29)30;/h2*14,16-21,27H,2-13,15H2,1H3,(H,28,29,30);/q;;+2/p-2. The third-order valence-corrected chi connectivity index (χ3v) is 13.0. The number of hydrogen-bond acceptors (Lipinski definition) is 9. The van der Waals surface area contributed by atoms with E-state index in [-0.39, 0.29) is 82.0 Å². The molecule has 0 saturated heterocycles. The summed E-state index contributed by atoms with van der Waals surface area (Å²) >= 11 is 0. The molecule has 0 saturated carbocycles. The Labute approximate surface area is 421 Å². The molecule has 2 N–H and O–H groups in total. The van der Waals surface area contributed by atoms with Crippen LogP contribution in [0.1, 0.15) is 179 Å². The van der Waals surface area contributed by atoms with Crippen molar-refractivity contribution in [2.75, 3.05) is 0 Å². The van der Waals surface area contributed by atoms with Crippen molar-refractivity contribution in [1.29, 1.82) is 0 Å². The van der Waals surface area contributed by atoms with Gasteiger partial charge in [-0.3, -0.25) is 4.55 Å². The van der Waals surface area contributed by atoms with Crippen molar-refractivity contribution in [1.82, 2.24) is 0 Å². The summed E-state index contributed by atoms with van der Waals surface area (Å²) in [7, 11) is -8.87. The fourth-order valence-electron chi connectivity index (χ4n) is 7.58. The minimum atomic E-state index is -4.57. The maximum Gasteiger partial charge on any atom is 2.00 e. The molecule has 0 heterocycles. The molecular formula is C52H74CaO10S2. The van der Waals surface area contributed by atoms with Gasteiger partial charge in [0.2, 0.25) is 0 Å². The van der Waals surface area contributed by atoms with Crippen LogP contribution < -0.4 is 14.6 Å². The van der Waals surface area contributed by atoms with E-state index in [1.165, 1.54) is 178 Å². The van der Waals surface area contributed by atoms with E-state index in [2.05, 4.69) is 13.8 Å². The first-order valence-corrected chi connectivity index (χ1v) is 26.8. The Bertz CT molecular complexity index is 1970. The largest absolute Gasteiger partial charge is 2.00 e. The molecule has 356 valence electrons. The molecule has 0 aliphatic rings. The van der Waals surface area contributed by atoms with Crippen molar-refractivity contribution in [2.45, 2.75) is 191 Å². The molecule has 0 aliphatic carbocycles. The van der Waals surface area contributed by atoms with E-state index in [4.69, 9.17) is 14.0 Å². The molecule has 65 heavy (non-hydrogen) atoms. The van der Waals surface area contributed by atoms with Gasteiger partial charge in [-0.25, -0.2) is 8.42 Å². The Morgan fingerprint density at radius 1 is 0.477 bits per heavy atom. The molecule has 0 spiro atoms. The molecule has 4 aromatic rings. The summed E-state index contributed by atoms with van der Waals surface area (Å²) < 4.78 is 76.2. The first-order valence-electron chi connectivity index (χ1n) is 23.9. The number of hydrogen-bond donors (Lipinski definition) is 2. The Balaban J connectivity index is 0.000000440. The molecule has 0 radical (unpaired) electrons. The second-order valence-corrected chi connectivity index (χ2v) is 19.7. The number of phenols is 1. The monoisotopic (exact) mass is 962 g/mol. The van der Waals surface area contributed by atoms with Crippen LogP contribution in [0.5, 0.6) is 34.5 Å². The van der Waals surface area contributed by atoms with Crippen LogP contribution in [0, 0.1) is 0 Å². The zero-order chi connectivity index (χ0) is 46.5. The summed E-state index contributed by atoms with van der Waals surface area (Å²) in [6.07, 6.45) is 33.1. The summed E-state index contributed by atoms with van der Waals surface area (Å²) in [6.45, 7) is 4.50. The van der Waals surface area contributed by atoms with Gasteiger partial charge >= 0.3 is 37.7 Å². The van der Waals surface area contributed by atoms with E-state index in [1.54, 1.807) is 30.3 Å². The van der Waals surface area contributed by atoms with Crippen LogP contribution >= 0.6 is 0 Å². The van der Waals surface area contributed by atoms with Crippen LogP contribution in [0.2, 0.25) is 0 Å². The van der Waals surface area contributed by atoms with Crippen LogP contribution in [0.15, 0.2) is 94.7 Å². The van der Waals surface area contributed by atoms with Gasteiger partial charge in [0.1, 0.15) is 27.4 Å². The van der Waals surface area contributed by atoms with Gasteiger partial charge in [-0.05, 0) is 85.3 Å². The van der Waals surface area contributed by atoms with Crippen molar-refractivity contribution < 1.29 is 45.6 Å². The molecule has 4 aromatic carbocycles. The van der Waals surface area contributed by atoms with Crippen molar-refractivity contribution in [3.8, 4) is 34.5 Å². The summed E-state index contributed by atoms with van der Waals surface area (Å²) in [6, 6.07) is 21.1. The van der Waals surface area contributed by atoms with Crippen molar-refractivity contribution >= 4 is 58.0 Å². The number of aryl methyl sites for hydroxylation is 2. The first-order chi connectivity index (χ1) is 30.8. The average Bonchev–Trinajstić information content (AvgIpc) is 3.26. The normalized spacial score (nSPS) is 11.4. The third kappa shape index (κ3) is 25.8. The summed E-state index contributed by atoms with van der Waals surface area (Å²) in [4.78, 5) is -0.635. The van der Waals surface area contributed by atoms with Crippen LogP contribution in [0.4, 0.5) is 0 Å². The smallest absolute Gasteiger partial charge is 0.870 e. The van der Waals surface area contributed by atoms with Gasteiger partial charge in [-0.15, -0.1) is 0 Å². The Morgan fingerprint density at radius 3 is 1.25 bits per heavy atom. The predicted octanol–water partition coefficient (Wildman–Crippen LogP) is 14.0. The molecule has 0 amide bonds. The summed E-state index contributed by atoms with van der Waals surface area (Å²) in [5.41, 5.74) is 2.03. The van der Waals surface area contributed by atoms with E-state index in [0.717, 1.165) is 42.9 Å².